The van der Waals surface area contributed by atoms with Crippen molar-refractivity contribution in [3.05, 3.63) is 56.4 Å². The summed E-state index contributed by atoms with van der Waals surface area (Å²) in [7, 11) is 4.60. The van der Waals surface area contributed by atoms with E-state index >= 15 is 0 Å². The van der Waals surface area contributed by atoms with Crippen LogP contribution >= 0.6 is 0 Å². The third kappa shape index (κ3) is 3.21. The highest BCUT2D eigenvalue weighted by atomic mass is 16.5. The van der Waals surface area contributed by atoms with Gasteiger partial charge in [-0.3, -0.25) is 4.79 Å². The number of fused-ring (bicyclic) bond motifs is 3. The first-order valence-electron chi connectivity index (χ1n) is 9.88. The maximum Gasteiger partial charge on any atom is 0.339 e. The Balaban J connectivity index is 1.93. The molecule has 31 heavy (non-hydrogen) atoms. The summed E-state index contributed by atoms with van der Waals surface area (Å²) in [5, 5.41) is 0.642. The van der Waals surface area contributed by atoms with Crippen LogP contribution in [0, 0.1) is 20.8 Å². The van der Waals surface area contributed by atoms with Crippen LogP contribution in [-0.2, 0) is 0 Å². The Labute approximate surface area is 179 Å². The maximum absolute atomic E-state index is 13.2. The molecule has 3 aromatic rings. The molecule has 1 aromatic heterocycles. The van der Waals surface area contributed by atoms with Crippen LogP contribution < -0.4 is 24.6 Å². The average molecular weight is 424 g/mol. The lowest BCUT2D eigenvalue weighted by Crippen LogP contribution is -2.22. The number of methoxy groups -OCH3 is 3. The van der Waals surface area contributed by atoms with Crippen LogP contribution in [0.2, 0.25) is 0 Å². The highest BCUT2D eigenvalue weighted by molar-refractivity contribution is 6.07. The lowest BCUT2D eigenvalue weighted by Gasteiger charge is -2.29. The molecule has 2 heterocycles. The van der Waals surface area contributed by atoms with Crippen molar-refractivity contribution in [1.82, 2.24) is 0 Å². The Morgan fingerprint density at radius 3 is 2.13 bits per heavy atom. The van der Waals surface area contributed by atoms with E-state index in [9.17, 15) is 9.59 Å². The first-order valence-corrected chi connectivity index (χ1v) is 9.88. The summed E-state index contributed by atoms with van der Waals surface area (Å²) < 4.78 is 28.2. The number of ether oxygens (including phenoxy) is 4. The number of hydrogen-bond acceptors (Lipinski definition) is 7. The van der Waals surface area contributed by atoms with Crippen molar-refractivity contribution in [1.29, 1.82) is 0 Å². The molecule has 7 heteroatoms. The average Bonchev–Trinajstić information content (AvgIpc) is 2.75. The van der Waals surface area contributed by atoms with Gasteiger partial charge in [0.05, 0.1) is 38.7 Å². The van der Waals surface area contributed by atoms with E-state index in [1.165, 1.54) is 21.3 Å². The molecule has 1 atom stereocenters. The molecule has 0 spiro atoms. The van der Waals surface area contributed by atoms with E-state index in [0.717, 1.165) is 11.1 Å². The number of aryl methyl sites for hydroxylation is 2. The van der Waals surface area contributed by atoms with Crippen molar-refractivity contribution in [3.8, 4) is 23.0 Å². The second kappa shape index (κ2) is 7.65. The lowest BCUT2D eigenvalue weighted by molar-refractivity contribution is 0.0851. The first kappa shape index (κ1) is 20.8. The maximum atomic E-state index is 13.2. The third-order valence-corrected chi connectivity index (χ3v) is 5.86. The summed E-state index contributed by atoms with van der Waals surface area (Å²) in [4.78, 5) is 25.3. The van der Waals surface area contributed by atoms with Crippen LogP contribution in [0.3, 0.4) is 0 Å². The number of carbonyl (C=O) groups is 1. The van der Waals surface area contributed by atoms with Gasteiger partial charge in [-0.05, 0) is 50.1 Å². The Morgan fingerprint density at radius 2 is 1.55 bits per heavy atom. The van der Waals surface area contributed by atoms with Crippen molar-refractivity contribution >= 4 is 16.8 Å². The minimum atomic E-state index is -0.564. The van der Waals surface area contributed by atoms with E-state index < -0.39 is 11.7 Å². The minimum absolute atomic E-state index is 0.0392. The molecule has 0 unspecified atom stereocenters. The molecule has 0 fully saturated rings. The van der Waals surface area contributed by atoms with Gasteiger partial charge in [-0.1, -0.05) is 0 Å². The van der Waals surface area contributed by atoms with Crippen LogP contribution in [0.1, 0.15) is 45.1 Å². The predicted octanol–water partition coefficient (Wildman–Crippen LogP) is 4.45. The van der Waals surface area contributed by atoms with Crippen LogP contribution in [0.25, 0.3) is 11.0 Å². The smallest absolute Gasteiger partial charge is 0.339 e. The highest BCUT2D eigenvalue weighted by Crippen LogP contribution is 2.46. The first-order chi connectivity index (χ1) is 14.8. The predicted molar refractivity (Wildman–Crippen MR) is 115 cm³/mol. The molecule has 0 radical (unpaired) electrons. The van der Waals surface area contributed by atoms with E-state index in [-0.39, 0.29) is 12.2 Å². The lowest BCUT2D eigenvalue weighted by atomic mass is 9.90. The summed E-state index contributed by atoms with van der Waals surface area (Å²) in [6.07, 6.45) is -0.405. The summed E-state index contributed by atoms with van der Waals surface area (Å²) in [5.74, 6) is 1.82. The van der Waals surface area contributed by atoms with Crippen LogP contribution in [0.15, 0.2) is 27.4 Å². The summed E-state index contributed by atoms with van der Waals surface area (Å²) >= 11 is 0. The Morgan fingerprint density at radius 1 is 0.903 bits per heavy atom. The van der Waals surface area contributed by atoms with Crippen molar-refractivity contribution in [2.45, 2.75) is 33.3 Å². The number of benzene rings is 2. The monoisotopic (exact) mass is 424 g/mol. The second-order valence-electron chi connectivity index (χ2n) is 7.60. The largest absolute Gasteiger partial charge is 0.493 e. The molecule has 0 saturated heterocycles. The molecule has 0 saturated carbocycles. The van der Waals surface area contributed by atoms with Crippen LogP contribution in [0.5, 0.6) is 23.0 Å². The normalized spacial score (nSPS) is 15.4. The molecule has 0 N–H and O–H groups in total. The van der Waals surface area contributed by atoms with Crippen molar-refractivity contribution in [3.63, 3.8) is 0 Å². The Hall–Kier alpha value is -3.48. The van der Waals surface area contributed by atoms with Crippen LogP contribution in [0.4, 0.5) is 0 Å². The van der Waals surface area contributed by atoms with Gasteiger partial charge in [0.1, 0.15) is 17.4 Å². The fourth-order valence-corrected chi connectivity index (χ4v) is 4.10. The van der Waals surface area contributed by atoms with Gasteiger partial charge >= 0.3 is 5.63 Å². The zero-order valence-corrected chi connectivity index (χ0v) is 18.4. The molecule has 162 valence electrons. The molecule has 1 aliphatic rings. The zero-order chi connectivity index (χ0) is 22.4. The summed E-state index contributed by atoms with van der Waals surface area (Å²) in [5.41, 5.74) is 3.19. The molecular weight excluding hydrogens is 400 g/mol. The molecule has 7 nitrogen and oxygen atoms in total. The zero-order valence-electron chi connectivity index (χ0n) is 18.4. The SMILES string of the molecule is COc1cc([C@@H]2CC(=O)c3c(C)cc4oc(=O)c(C)c(C)c4c3O2)cc(OC)c1OC. The van der Waals surface area contributed by atoms with Gasteiger partial charge in [-0.25, -0.2) is 4.79 Å². The fraction of sp³-hybridized carbons (Fsp3) is 0.333. The molecule has 4 rings (SSSR count). The Kier molecular flexibility index (Phi) is 5.13. The van der Waals surface area contributed by atoms with Gasteiger partial charge in [0, 0.05) is 11.1 Å². The molecule has 0 amide bonds. The van der Waals surface area contributed by atoms with Crippen molar-refractivity contribution < 1.29 is 28.2 Å². The third-order valence-electron chi connectivity index (χ3n) is 5.86. The number of hydrogen-bond donors (Lipinski definition) is 0. The number of Topliss-reactive ketones (excluding diaryl/α,β-unsaturated/α-hetero) is 1. The standard InChI is InChI=1S/C24H24O7/c1-11-7-17-21(12(2)13(3)24(26)31-17)23-20(11)15(25)10-16(30-23)14-8-18(27-4)22(29-6)19(9-14)28-5/h7-9,16H,10H2,1-6H3/t16-/m0/s1. The highest BCUT2D eigenvalue weighted by Gasteiger charge is 2.33. The van der Waals surface area contributed by atoms with E-state index in [4.69, 9.17) is 23.4 Å². The molecule has 2 aromatic carbocycles. The van der Waals surface area contributed by atoms with E-state index in [1.807, 2.05) is 13.8 Å². The van der Waals surface area contributed by atoms with Gasteiger partial charge in [-0.2, -0.15) is 0 Å². The van der Waals surface area contributed by atoms with E-state index in [1.54, 1.807) is 25.1 Å². The van der Waals surface area contributed by atoms with Gasteiger partial charge < -0.3 is 23.4 Å². The Bertz CT molecular complexity index is 1240. The van der Waals surface area contributed by atoms with Gasteiger partial charge in [0.2, 0.25) is 5.75 Å². The molecule has 0 aliphatic carbocycles. The summed E-state index contributed by atoms with van der Waals surface area (Å²) in [6, 6.07) is 5.28. The van der Waals surface area contributed by atoms with Gasteiger partial charge in [-0.15, -0.1) is 0 Å². The van der Waals surface area contributed by atoms with Crippen molar-refractivity contribution in [2.75, 3.05) is 21.3 Å². The van der Waals surface area contributed by atoms with Crippen LogP contribution in [-0.4, -0.2) is 27.1 Å². The molecule has 1 aliphatic heterocycles. The topological polar surface area (TPSA) is 84.2 Å². The summed E-state index contributed by atoms with van der Waals surface area (Å²) in [6.45, 7) is 5.35. The quantitative estimate of drug-likeness (QED) is 0.572. The number of rotatable bonds is 4. The van der Waals surface area contributed by atoms with Gasteiger partial charge in [0.25, 0.3) is 0 Å². The molecular formula is C24H24O7. The van der Waals surface area contributed by atoms with E-state index in [0.29, 0.717) is 50.7 Å². The minimum Gasteiger partial charge on any atom is -0.493 e. The van der Waals surface area contributed by atoms with E-state index in [2.05, 4.69) is 0 Å². The fourth-order valence-electron chi connectivity index (χ4n) is 4.10. The van der Waals surface area contributed by atoms with Crippen molar-refractivity contribution in [2.24, 2.45) is 0 Å². The number of ketones is 1. The van der Waals surface area contributed by atoms with Gasteiger partial charge in [0.15, 0.2) is 17.3 Å². The number of carbonyl (C=O) groups excluding carboxylic acids is 1. The molecule has 0 bridgehead atoms. The second-order valence-corrected chi connectivity index (χ2v) is 7.60.